The molecule has 364 valence electrons. The molecule has 0 aromatic heterocycles. The molecule has 0 radical (unpaired) electrons. The van der Waals surface area contributed by atoms with Gasteiger partial charge in [0.2, 0.25) is 5.91 Å². The molecule has 0 rings (SSSR count). The van der Waals surface area contributed by atoms with Gasteiger partial charge in [-0.1, -0.05) is 296 Å². The van der Waals surface area contributed by atoms with Gasteiger partial charge in [0.25, 0.3) is 0 Å². The number of aliphatic hydroxyl groups excluding tert-OH is 2. The number of carbonyl (C=O) groups excluding carboxylic acids is 1. The van der Waals surface area contributed by atoms with Crippen molar-refractivity contribution in [2.45, 2.75) is 341 Å². The van der Waals surface area contributed by atoms with Crippen LogP contribution in [-0.2, 0) is 4.79 Å². The zero-order valence-corrected chi connectivity index (χ0v) is 42.0. The molecule has 1 amide bonds. The van der Waals surface area contributed by atoms with Gasteiger partial charge in [0, 0.05) is 6.42 Å². The van der Waals surface area contributed by atoms with Gasteiger partial charge < -0.3 is 15.5 Å². The lowest BCUT2D eigenvalue weighted by atomic mass is 10.0. The lowest BCUT2D eigenvalue weighted by Crippen LogP contribution is -2.45. The number of nitrogens with one attached hydrogen (secondary N) is 1. The van der Waals surface area contributed by atoms with E-state index < -0.39 is 12.1 Å². The smallest absolute Gasteiger partial charge is 0.220 e. The van der Waals surface area contributed by atoms with Crippen LogP contribution in [0.4, 0.5) is 0 Å². The number of aliphatic hydroxyl groups is 2. The molecule has 0 spiro atoms. The largest absolute Gasteiger partial charge is 0.394 e. The van der Waals surface area contributed by atoms with Crippen molar-refractivity contribution >= 4 is 5.91 Å². The maximum Gasteiger partial charge on any atom is 0.220 e. The molecule has 3 N–H and O–H groups in total. The van der Waals surface area contributed by atoms with Gasteiger partial charge in [0.1, 0.15) is 0 Å². The highest BCUT2D eigenvalue weighted by Crippen LogP contribution is 2.18. The first-order valence-corrected chi connectivity index (χ1v) is 28.4. The SMILES string of the molecule is CCCCCCCCCC/C=C\CCCCCCCCCCCCCCCCCCCCCCCCCCCCCCCC(=O)NC(CO)C(O)CCCCCCCCCC. The average Bonchev–Trinajstić information content (AvgIpc) is 3.26. The van der Waals surface area contributed by atoms with E-state index in [1.807, 2.05) is 0 Å². The minimum Gasteiger partial charge on any atom is -0.394 e. The van der Waals surface area contributed by atoms with Gasteiger partial charge >= 0.3 is 0 Å². The van der Waals surface area contributed by atoms with E-state index in [1.54, 1.807) is 0 Å². The van der Waals surface area contributed by atoms with E-state index in [0.29, 0.717) is 12.8 Å². The highest BCUT2D eigenvalue weighted by atomic mass is 16.3. The predicted molar refractivity (Wildman–Crippen MR) is 272 cm³/mol. The van der Waals surface area contributed by atoms with Crippen molar-refractivity contribution < 1.29 is 15.0 Å². The molecule has 4 nitrogen and oxygen atoms in total. The van der Waals surface area contributed by atoms with Crippen LogP contribution >= 0.6 is 0 Å². The quantitative estimate of drug-likeness (QED) is 0.0421. The molecule has 0 bridgehead atoms. The zero-order valence-electron chi connectivity index (χ0n) is 42.0. The molecule has 0 aliphatic carbocycles. The summed E-state index contributed by atoms with van der Waals surface area (Å²) in [5, 5.41) is 23.1. The highest BCUT2D eigenvalue weighted by Gasteiger charge is 2.20. The van der Waals surface area contributed by atoms with Crippen LogP contribution in [0.15, 0.2) is 12.2 Å². The van der Waals surface area contributed by atoms with E-state index in [0.717, 1.165) is 25.7 Å². The fourth-order valence-electron chi connectivity index (χ4n) is 9.18. The van der Waals surface area contributed by atoms with E-state index in [-0.39, 0.29) is 12.5 Å². The molecule has 61 heavy (non-hydrogen) atoms. The molecule has 0 aromatic rings. The van der Waals surface area contributed by atoms with Crippen LogP contribution < -0.4 is 5.32 Å². The van der Waals surface area contributed by atoms with Gasteiger partial charge in [-0.05, 0) is 38.5 Å². The molecule has 0 aliphatic heterocycles. The number of carbonyl (C=O) groups is 1. The summed E-state index contributed by atoms with van der Waals surface area (Å²) in [6.45, 7) is 4.35. The third kappa shape index (κ3) is 50.0. The number of hydrogen-bond acceptors (Lipinski definition) is 3. The number of rotatable bonds is 53. The Morgan fingerprint density at radius 2 is 0.623 bits per heavy atom. The monoisotopic (exact) mass is 860 g/mol. The van der Waals surface area contributed by atoms with Gasteiger partial charge in [-0.2, -0.15) is 0 Å². The fourth-order valence-corrected chi connectivity index (χ4v) is 9.18. The summed E-state index contributed by atoms with van der Waals surface area (Å²) in [5.41, 5.74) is 0. The molecule has 0 aromatic carbocycles. The van der Waals surface area contributed by atoms with Crippen LogP contribution in [0.2, 0.25) is 0 Å². The normalized spacial score (nSPS) is 12.8. The van der Waals surface area contributed by atoms with Gasteiger partial charge in [-0.25, -0.2) is 0 Å². The van der Waals surface area contributed by atoms with Crippen molar-refractivity contribution in [3.05, 3.63) is 12.2 Å². The first-order valence-electron chi connectivity index (χ1n) is 28.4. The minimum atomic E-state index is -0.652. The molecular formula is C57H113NO3. The maximum absolute atomic E-state index is 12.4. The van der Waals surface area contributed by atoms with E-state index >= 15 is 0 Å². The van der Waals surface area contributed by atoms with Gasteiger partial charge in [0.15, 0.2) is 0 Å². The van der Waals surface area contributed by atoms with Crippen molar-refractivity contribution in [3.8, 4) is 0 Å². The summed E-state index contributed by atoms with van der Waals surface area (Å²) in [6, 6.07) is -0.529. The first-order chi connectivity index (χ1) is 30.2. The van der Waals surface area contributed by atoms with Gasteiger partial charge in [0.05, 0.1) is 18.8 Å². The zero-order chi connectivity index (χ0) is 44.2. The van der Waals surface area contributed by atoms with E-state index in [2.05, 4.69) is 31.3 Å². The standard InChI is InChI=1S/C57H113NO3/c1-3-5-7-9-11-13-14-15-16-17-18-19-20-21-22-23-24-25-26-27-28-29-30-31-32-33-34-35-36-37-38-39-40-41-42-43-44-45-47-49-51-53-57(61)58-55(54-59)56(60)52-50-48-46-12-10-8-6-4-2/h17-18,55-56,59-60H,3-16,19-54H2,1-2H3,(H,58,61)/b18-17-. The van der Waals surface area contributed by atoms with Crippen LogP contribution in [0.1, 0.15) is 328 Å². The summed E-state index contributed by atoms with van der Waals surface area (Å²) >= 11 is 0. The summed E-state index contributed by atoms with van der Waals surface area (Å²) in [5.74, 6) is -0.0279. The minimum absolute atomic E-state index is 0.0279. The maximum atomic E-state index is 12.4. The molecule has 0 fully saturated rings. The Balaban J connectivity index is 3.27. The first kappa shape index (κ1) is 60.1. The molecule has 0 saturated heterocycles. The molecule has 2 atom stereocenters. The van der Waals surface area contributed by atoms with E-state index in [4.69, 9.17) is 0 Å². The molecular weight excluding hydrogens is 747 g/mol. The number of allylic oxidation sites excluding steroid dienone is 2. The third-order valence-electron chi connectivity index (χ3n) is 13.5. The number of hydrogen-bond donors (Lipinski definition) is 3. The second kappa shape index (κ2) is 53.5. The highest BCUT2D eigenvalue weighted by molar-refractivity contribution is 5.76. The van der Waals surface area contributed by atoms with Crippen LogP contribution in [0, 0.1) is 0 Å². The Hall–Kier alpha value is -0.870. The van der Waals surface area contributed by atoms with Gasteiger partial charge in [-0.3, -0.25) is 4.79 Å². The Morgan fingerprint density at radius 1 is 0.377 bits per heavy atom. The Bertz CT molecular complexity index is 844. The van der Waals surface area contributed by atoms with Gasteiger partial charge in [-0.15, -0.1) is 0 Å². The van der Waals surface area contributed by atoms with Crippen LogP contribution in [-0.4, -0.2) is 34.9 Å². The topological polar surface area (TPSA) is 69.6 Å². The van der Waals surface area contributed by atoms with Crippen molar-refractivity contribution in [2.75, 3.05) is 6.61 Å². The third-order valence-corrected chi connectivity index (χ3v) is 13.5. The summed E-state index contributed by atoms with van der Waals surface area (Å²) in [6.07, 6.45) is 69.6. The van der Waals surface area contributed by atoms with Crippen LogP contribution in [0.25, 0.3) is 0 Å². The fraction of sp³-hybridized carbons (Fsp3) is 0.947. The average molecular weight is 861 g/mol. The summed E-state index contributed by atoms with van der Waals surface area (Å²) < 4.78 is 0. The Morgan fingerprint density at radius 3 is 0.902 bits per heavy atom. The van der Waals surface area contributed by atoms with Crippen molar-refractivity contribution in [1.29, 1.82) is 0 Å². The molecule has 4 heteroatoms. The van der Waals surface area contributed by atoms with E-state index in [1.165, 1.54) is 276 Å². The van der Waals surface area contributed by atoms with E-state index in [9.17, 15) is 15.0 Å². The second-order valence-electron chi connectivity index (χ2n) is 19.7. The van der Waals surface area contributed by atoms with Crippen LogP contribution in [0.3, 0.4) is 0 Å². The number of unbranched alkanes of at least 4 members (excludes halogenated alkanes) is 44. The molecule has 0 saturated carbocycles. The molecule has 2 unspecified atom stereocenters. The summed E-state index contributed by atoms with van der Waals surface area (Å²) in [7, 11) is 0. The Kier molecular flexibility index (Phi) is 52.7. The molecule has 0 aliphatic rings. The lowest BCUT2D eigenvalue weighted by Gasteiger charge is -2.22. The molecule has 0 heterocycles. The van der Waals surface area contributed by atoms with Crippen LogP contribution in [0.5, 0.6) is 0 Å². The van der Waals surface area contributed by atoms with Crippen molar-refractivity contribution in [2.24, 2.45) is 0 Å². The Labute approximate surface area is 384 Å². The predicted octanol–water partition coefficient (Wildman–Crippen LogP) is 18.5. The lowest BCUT2D eigenvalue weighted by molar-refractivity contribution is -0.123. The number of amides is 1. The van der Waals surface area contributed by atoms with Crippen molar-refractivity contribution in [3.63, 3.8) is 0 Å². The second-order valence-corrected chi connectivity index (χ2v) is 19.7. The summed E-state index contributed by atoms with van der Waals surface area (Å²) in [4.78, 5) is 12.4. The van der Waals surface area contributed by atoms with Crippen molar-refractivity contribution in [1.82, 2.24) is 5.32 Å².